The molecule has 0 unspecified atom stereocenters. The summed E-state index contributed by atoms with van der Waals surface area (Å²) in [6.45, 7) is 10.5. The first-order valence-corrected chi connectivity index (χ1v) is 9.64. The number of nitrogens with zero attached hydrogens (tertiary/aromatic N) is 3. The second kappa shape index (κ2) is 10.00. The van der Waals surface area contributed by atoms with Crippen molar-refractivity contribution in [2.45, 2.75) is 52.7 Å². The number of aromatic nitrogens is 2. The predicted molar refractivity (Wildman–Crippen MR) is 111 cm³/mol. The van der Waals surface area contributed by atoms with Gasteiger partial charge in [0.25, 0.3) is 0 Å². The van der Waals surface area contributed by atoms with E-state index in [1.165, 1.54) is 5.56 Å². The molecule has 0 fully saturated rings. The molecular weight excluding hydrogens is 338 g/mol. The summed E-state index contributed by atoms with van der Waals surface area (Å²) in [7, 11) is 1.94. The van der Waals surface area contributed by atoms with Gasteiger partial charge in [-0.2, -0.15) is 5.10 Å². The highest BCUT2D eigenvalue weighted by Crippen LogP contribution is 2.23. The van der Waals surface area contributed by atoms with Crippen LogP contribution in [0.1, 0.15) is 45.2 Å². The molecule has 0 spiro atoms. The molecule has 0 saturated heterocycles. The molecular formula is C21H33N5O. The lowest BCUT2D eigenvalue weighted by Crippen LogP contribution is -2.37. The summed E-state index contributed by atoms with van der Waals surface area (Å²) in [6, 6.07) is 8.09. The fourth-order valence-electron chi connectivity index (χ4n) is 2.67. The number of guanidine groups is 1. The van der Waals surface area contributed by atoms with Crippen molar-refractivity contribution in [1.82, 2.24) is 20.4 Å². The Balaban J connectivity index is 1.91. The molecule has 1 aromatic heterocycles. The zero-order valence-corrected chi connectivity index (χ0v) is 17.2. The molecule has 0 saturated carbocycles. The van der Waals surface area contributed by atoms with Crippen LogP contribution in [0.4, 0.5) is 0 Å². The molecule has 2 aromatic rings. The number of ether oxygens (including phenoxy) is 1. The van der Waals surface area contributed by atoms with Crippen molar-refractivity contribution in [3.05, 3.63) is 47.8 Å². The Kier molecular flexibility index (Phi) is 7.70. The average Bonchev–Trinajstić information content (AvgIpc) is 3.01. The number of hydrogen-bond donors (Lipinski definition) is 2. The van der Waals surface area contributed by atoms with Crippen molar-refractivity contribution in [3.63, 3.8) is 0 Å². The van der Waals surface area contributed by atoms with E-state index >= 15 is 0 Å². The predicted octanol–water partition coefficient (Wildman–Crippen LogP) is 3.29. The number of aliphatic imine (C=N–C) groups is 1. The highest BCUT2D eigenvalue weighted by Gasteiger charge is 2.14. The zero-order chi connectivity index (χ0) is 19.7. The summed E-state index contributed by atoms with van der Waals surface area (Å²) in [6.07, 6.45) is 6.01. The molecule has 2 N–H and O–H groups in total. The van der Waals surface area contributed by atoms with E-state index in [1.54, 1.807) is 0 Å². The highest BCUT2D eigenvalue weighted by molar-refractivity contribution is 5.79. The zero-order valence-electron chi connectivity index (χ0n) is 17.2. The Morgan fingerprint density at radius 1 is 1.22 bits per heavy atom. The van der Waals surface area contributed by atoms with Gasteiger partial charge in [-0.15, -0.1) is 0 Å². The minimum absolute atomic E-state index is 0.227. The lowest BCUT2D eigenvalue weighted by Gasteiger charge is -2.23. The molecule has 1 aromatic carbocycles. The van der Waals surface area contributed by atoms with Gasteiger partial charge in [0.15, 0.2) is 5.96 Å². The standard InChI is InChI=1S/C21H33N5O/c1-6-22-20(23-13-9-10-17-14-25-26(5)16-17)24-15-18-11-7-8-12-19(18)27-21(2,3)4/h7-8,11-12,14,16H,6,9-10,13,15H2,1-5H3,(H2,22,23,24). The van der Waals surface area contributed by atoms with E-state index in [2.05, 4.69) is 55.7 Å². The Hall–Kier alpha value is -2.50. The molecule has 0 bridgehead atoms. The van der Waals surface area contributed by atoms with Crippen LogP contribution < -0.4 is 15.4 Å². The van der Waals surface area contributed by atoms with E-state index in [4.69, 9.17) is 9.73 Å². The molecule has 0 atom stereocenters. The minimum Gasteiger partial charge on any atom is -0.488 e. The maximum Gasteiger partial charge on any atom is 0.191 e. The number of hydrogen-bond acceptors (Lipinski definition) is 3. The van der Waals surface area contributed by atoms with Crippen LogP contribution in [-0.2, 0) is 20.0 Å². The Labute approximate surface area is 163 Å². The summed E-state index contributed by atoms with van der Waals surface area (Å²) >= 11 is 0. The highest BCUT2D eigenvalue weighted by atomic mass is 16.5. The van der Waals surface area contributed by atoms with Gasteiger partial charge in [0, 0.05) is 31.9 Å². The van der Waals surface area contributed by atoms with E-state index in [9.17, 15) is 0 Å². The van der Waals surface area contributed by atoms with Crippen LogP contribution in [0.3, 0.4) is 0 Å². The van der Waals surface area contributed by atoms with Crippen LogP contribution in [0.15, 0.2) is 41.7 Å². The van der Waals surface area contributed by atoms with Crippen LogP contribution in [0.25, 0.3) is 0 Å². The van der Waals surface area contributed by atoms with Crippen LogP contribution in [0.2, 0.25) is 0 Å². The largest absolute Gasteiger partial charge is 0.488 e. The van der Waals surface area contributed by atoms with E-state index in [1.807, 2.05) is 36.1 Å². The average molecular weight is 372 g/mol. The number of nitrogens with one attached hydrogen (secondary N) is 2. The Morgan fingerprint density at radius 2 is 2.00 bits per heavy atom. The van der Waals surface area contributed by atoms with Gasteiger partial charge in [-0.05, 0) is 52.2 Å². The smallest absolute Gasteiger partial charge is 0.191 e. The fourth-order valence-corrected chi connectivity index (χ4v) is 2.67. The lowest BCUT2D eigenvalue weighted by molar-refractivity contribution is 0.129. The number of benzene rings is 1. The third-order valence-electron chi connectivity index (χ3n) is 3.83. The number of rotatable bonds is 8. The first kappa shape index (κ1) is 20.8. The normalized spacial score (nSPS) is 12.1. The van der Waals surface area contributed by atoms with Crippen molar-refractivity contribution in [1.29, 1.82) is 0 Å². The Morgan fingerprint density at radius 3 is 2.67 bits per heavy atom. The molecule has 6 heteroatoms. The molecule has 6 nitrogen and oxygen atoms in total. The van der Waals surface area contributed by atoms with Gasteiger partial charge < -0.3 is 15.4 Å². The molecule has 148 valence electrons. The van der Waals surface area contributed by atoms with Gasteiger partial charge >= 0.3 is 0 Å². The second-order valence-corrected chi connectivity index (χ2v) is 7.57. The first-order chi connectivity index (χ1) is 12.9. The van der Waals surface area contributed by atoms with Gasteiger partial charge in [-0.25, -0.2) is 4.99 Å². The molecule has 2 rings (SSSR count). The van der Waals surface area contributed by atoms with Crippen molar-refractivity contribution < 1.29 is 4.74 Å². The van der Waals surface area contributed by atoms with Crippen LogP contribution in [0, 0.1) is 0 Å². The van der Waals surface area contributed by atoms with Crippen LogP contribution in [0.5, 0.6) is 5.75 Å². The second-order valence-electron chi connectivity index (χ2n) is 7.57. The summed E-state index contributed by atoms with van der Waals surface area (Å²) in [5, 5.41) is 10.9. The van der Waals surface area contributed by atoms with Gasteiger partial charge in [-0.1, -0.05) is 18.2 Å². The number of aryl methyl sites for hydroxylation is 2. The molecule has 0 aliphatic heterocycles. The fraction of sp³-hybridized carbons (Fsp3) is 0.524. The van der Waals surface area contributed by atoms with Crippen LogP contribution >= 0.6 is 0 Å². The maximum absolute atomic E-state index is 6.06. The topological polar surface area (TPSA) is 63.5 Å². The first-order valence-electron chi connectivity index (χ1n) is 9.64. The Bertz CT molecular complexity index is 730. The van der Waals surface area contributed by atoms with Crippen molar-refractivity contribution in [2.75, 3.05) is 13.1 Å². The quantitative estimate of drug-likeness (QED) is 0.425. The van der Waals surface area contributed by atoms with E-state index in [0.29, 0.717) is 6.54 Å². The molecule has 0 radical (unpaired) electrons. The van der Waals surface area contributed by atoms with Crippen LogP contribution in [-0.4, -0.2) is 34.4 Å². The lowest BCUT2D eigenvalue weighted by atomic mass is 10.1. The van der Waals surface area contributed by atoms with Gasteiger partial charge in [0.1, 0.15) is 11.4 Å². The minimum atomic E-state index is -0.227. The van der Waals surface area contributed by atoms with Crippen molar-refractivity contribution in [3.8, 4) is 5.75 Å². The van der Waals surface area contributed by atoms with Gasteiger partial charge in [0.2, 0.25) is 0 Å². The summed E-state index contributed by atoms with van der Waals surface area (Å²) in [5.41, 5.74) is 2.11. The number of para-hydroxylation sites is 1. The summed E-state index contributed by atoms with van der Waals surface area (Å²) in [5.74, 6) is 1.72. The van der Waals surface area contributed by atoms with E-state index < -0.39 is 0 Å². The maximum atomic E-state index is 6.06. The molecule has 0 amide bonds. The van der Waals surface area contributed by atoms with Gasteiger partial charge in [0.05, 0.1) is 12.7 Å². The SMILES string of the molecule is CCNC(=NCc1ccccc1OC(C)(C)C)NCCCc1cnn(C)c1. The van der Waals surface area contributed by atoms with E-state index in [0.717, 1.165) is 43.2 Å². The molecule has 0 aliphatic carbocycles. The summed E-state index contributed by atoms with van der Waals surface area (Å²) in [4.78, 5) is 4.72. The summed E-state index contributed by atoms with van der Waals surface area (Å²) < 4.78 is 7.90. The molecule has 27 heavy (non-hydrogen) atoms. The van der Waals surface area contributed by atoms with Crippen molar-refractivity contribution >= 4 is 5.96 Å². The third kappa shape index (κ3) is 7.72. The van der Waals surface area contributed by atoms with Crippen molar-refractivity contribution in [2.24, 2.45) is 12.0 Å². The molecule has 0 aliphatic rings. The van der Waals surface area contributed by atoms with E-state index in [-0.39, 0.29) is 5.60 Å². The monoisotopic (exact) mass is 371 g/mol. The third-order valence-corrected chi connectivity index (χ3v) is 3.83. The van der Waals surface area contributed by atoms with Gasteiger partial charge in [-0.3, -0.25) is 4.68 Å². The molecule has 1 heterocycles.